The minimum Gasteiger partial charge on any atom is -0.326 e. The highest BCUT2D eigenvalue weighted by Gasteiger charge is 2.06. The van der Waals surface area contributed by atoms with Crippen molar-refractivity contribution in [2.45, 2.75) is 12.8 Å². The van der Waals surface area contributed by atoms with Crippen LogP contribution in [0.5, 0.6) is 0 Å². The highest BCUT2D eigenvalue weighted by molar-refractivity contribution is 7.20. The number of hydrogen-bond acceptors (Lipinski definition) is 3. The first-order chi connectivity index (χ1) is 10.7. The standard InChI is InChI=1S/C18H15NO2S/c20-12-16-11-14-10-15(7-8-17(14)22-16)19-18(21)9-6-13-4-2-1-3-5-13/h1-5,7-8,10-12H,6,9H2,(H,19,21). The highest BCUT2D eigenvalue weighted by Crippen LogP contribution is 2.27. The fraction of sp³-hybridized carbons (Fsp3) is 0.111. The third-order valence-electron chi connectivity index (χ3n) is 3.42. The second-order valence-corrected chi connectivity index (χ2v) is 6.17. The van der Waals surface area contributed by atoms with Crippen molar-refractivity contribution in [2.24, 2.45) is 0 Å². The zero-order valence-electron chi connectivity index (χ0n) is 11.9. The van der Waals surface area contributed by atoms with Crippen molar-refractivity contribution in [3.8, 4) is 0 Å². The molecule has 0 bridgehead atoms. The van der Waals surface area contributed by atoms with Gasteiger partial charge in [0.25, 0.3) is 0 Å². The normalized spacial score (nSPS) is 10.5. The predicted molar refractivity (Wildman–Crippen MR) is 90.6 cm³/mol. The van der Waals surface area contributed by atoms with Crippen LogP contribution >= 0.6 is 11.3 Å². The topological polar surface area (TPSA) is 46.2 Å². The van der Waals surface area contributed by atoms with Gasteiger partial charge in [0, 0.05) is 16.8 Å². The second-order valence-electron chi connectivity index (χ2n) is 5.05. The molecule has 3 nitrogen and oxygen atoms in total. The molecule has 1 amide bonds. The molecule has 1 N–H and O–H groups in total. The number of aldehydes is 1. The lowest BCUT2D eigenvalue weighted by atomic mass is 10.1. The maximum Gasteiger partial charge on any atom is 0.224 e. The molecule has 22 heavy (non-hydrogen) atoms. The number of rotatable bonds is 5. The maximum absolute atomic E-state index is 12.0. The van der Waals surface area contributed by atoms with Crippen LogP contribution in [0.2, 0.25) is 0 Å². The van der Waals surface area contributed by atoms with Gasteiger partial charge in [0.1, 0.15) is 0 Å². The van der Waals surface area contributed by atoms with Crippen LogP contribution in [0.4, 0.5) is 5.69 Å². The van der Waals surface area contributed by atoms with Gasteiger partial charge in [-0.1, -0.05) is 30.3 Å². The lowest BCUT2D eigenvalue weighted by Gasteiger charge is -2.05. The Hall–Kier alpha value is -2.46. The van der Waals surface area contributed by atoms with Crippen LogP contribution in [0.1, 0.15) is 21.7 Å². The lowest BCUT2D eigenvalue weighted by Crippen LogP contribution is -2.12. The Bertz CT molecular complexity index is 808. The lowest BCUT2D eigenvalue weighted by molar-refractivity contribution is -0.116. The van der Waals surface area contributed by atoms with Crippen molar-refractivity contribution in [2.75, 3.05) is 5.32 Å². The number of anilines is 1. The van der Waals surface area contributed by atoms with E-state index in [1.807, 2.05) is 54.6 Å². The van der Waals surface area contributed by atoms with Gasteiger partial charge in [0.05, 0.1) is 4.88 Å². The molecule has 0 unspecified atom stereocenters. The van der Waals surface area contributed by atoms with E-state index in [9.17, 15) is 9.59 Å². The molecule has 4 heteroatoms. The van der Waals surface area contributed by atoms with E-state index < -0.39 is 0 Å². The molecule has 2 aromatic carbocycles. The van der Waals surface area contributed by atoms with Gasteiger partial charge in [0.2, 0.25) is 5.91 Å². The number of benzene rings is 2. The largest absolute Gasteiger partial charge is 0.326 e. The van der Waals surface area contributed by atoms with Crippen LogP contribution in [0.3, 0.4) is 0 Å². The Morgan fingerprint density at radius 2 is 1.91 bits per heavy atom. The molecule has 1 heterocycles. The summed E-state index contributed by atoms with van der Waals surface area (Å²) in [6.45, 7) is 0. The Morgan fingerprint density at radius 1 is 1.09 bits per heavy atom. The number of thiophene rings is 1. The van der Waals surface area contributed by atoms with E-state index in [0.717, 1.165) is 34.0 Å². The molecule has 0 aliphatic heterocycles. The van der Waals surface area contributed by atoms with Crippen molar-refractivity contribution in [3.05, 3.63) is 65.0 Å². The molecule has 0 fully saturated rings. The van der Waals surface area contributed by atoms with Crippen molar-refractivity contribution < 1.29 is 9.59 Å². The Labute approximate surface area is 132 Å². The van der Waals surface area contributed by atoms with Gasteiger partial charge in [-0.3, -0.25) is 9.59 Å². The summed E-state index contributed by atoms with van der Waals surface area (Å²) in [7, 11) is 0. The summed E-state index contributed by atoms with van der Waals surface area (Å²) in [6, 6.07) is 17.5. The van der Waals surface area contributed by atoms with Crippen LogP contribution in [0.25, 0.3) is 10.1 Å². The predicted octanol–water partition coefficient (Wildman–Crippen LogP) is 4.29. The SMILES string of the molecule is O=Cc1cc2cc(NC(=O)CCc3ccccc3)ccc2s1. The summed E-state index contributed by atoms with van der Waals surface area (Å²) in [6.07, 6.45) is 2.02. The fourth-order valence-electron chi connectivity index (χ4n) is 2.33. The number of fused-ring (bicyclic) bond motifs is 1. The summed E-state index contributed by atoms with van der Waals surface area (Å²) < 4.78 is 1.05. The van der Waals surface area contributed by atoms with Gasteiger partial charge in [-0.2, -0.15) is 0 Å². The number of nitrogens with one attached hydrogen (secondary N) is 1. The monoisotopic (exact) mass is 309 g/mol. The molecule has 3 rings (SSSR count). The molecule has 110 valence electrons. The highest BCUT2D eigenvalue weighted by atomic mass is 32.1. The van der Waals surface area contributed by atoms with Crippen LogP contribution in [0, 0.1) is 0 Å². The van der Waals surface area contributed by atoms with Crippen LogP contribution in [0.15, 0.2) is 54.6 Å². The van der Waals surface area contributed by atoms with E-state index in [2.05, 4.69) is 5.32 Å². The Morgan fingerprint density at radius 3 is 2.68 bits per heavy atom. The van der Waals surface area contributed by atoms with Crippen molar-refractivity contribution in [1.82, 2.24) is 0 Å². The Balaban J connectivity index is 1.64. The van der Waals surface area contributed by atoms with Gasteiger partial charge >= 0.3 is 0 Å². The first-order valence-electron chi connectivity index (χ1n) is 7.07. The van der Waals surface area contributed by atoms with Gasteiger partial charge in [-0.05, 0) is 41.6 Å². The van der Waals surface area contributed by atoms with E-state index in [1.165, 1.54) is 11.3 Å². The summed E-state index contributed by atoms with van der Waals surface area (Å²) in [5.74, 6) is -0.00552. The van der Waals surface area contributed by atoms with Crippen LogP contribution < -0.4 is 5.32 Å². The van der Waals surface area contributed by atoms with Gasteiger partial charge < -0.3 is 5.32 Å². The number of carbonyl (C=O) groups excluding carboxylic acids is 2. The average molecular weight is 309 g/mol. The zero-order valence-corrected chi connectivity index (χ0v) is 12.7. The smallest absolute Gasteiger partial charge is 0.224 e. The molecule has 0 saturated heterocycles. The molecule has 0 aliphatic carbocycles. The molecular weight excluding hydrogens is 294 g/mol. The molecule has 0 radical (unpaired) electrons. The van der Waals surface area contributed by atoms with E-state index in [-0.39, 0.29) is 5.91 Å². The quantitative estimate of drug-likeness (QED) is 0.715. The van der Waals surface area contributed by atoms with Crippen LogP contribution in [-0.4, -0.2) is 12.2 Å². The van der Waals surface area contributed by atoms with Crippen molar-refractivity contribution in [1.29, 1.82) is 0 Å². The van der Waals surface area contributed by atoms with Gasteiger partial charge in [-0.15, -0.1) is 11.3 Å². The summed E-state index contributed by atoms with van der Waals surface area (Å²) in [5, 5.41) is 3.89. The van der Waals surface area contributed by atoms with Gasteiger partial charge in [-0.25, -0.2) is 0 Å². The molecular formula is C18H15NO2S. The number of carbonyl (C=O) groups is 2. The third-order valence-corrected chi connectivity index (χ3v) is 4.46. The Kier molecular flexibility index (Phi) is 4.30. The molecule has 1 aromatic heterocycles. The van der Waals surface area contributed by atoms with E-state index in [0.29, 0.717) is 11.3 Å². The number of hydrogen-bond donors (Lipinski definition) is 1. The van der Waals surface area contributed by atoms with Crippen molar-refractivity contribution >= 4 is 39.3 Å². The first kappa shape index (κ1) is 14.5. The third kappa shape index (κ3) is 3.40. The summed E-state index contributed by atoms with van der Waals surface area (Å²) in [5.41, 5.74) is 1.92. The van der Waals surface area contributed by atoms with Crippen molar-refractivity contribution in [3.63, 3.8) is 0 Å². The summed E-state index contributed by atoms with van der Waals surface area (Å²) in [4.78, 5) is 23.5. The average Bonchev–Trinajstić information content (AvgIpc) is 2.96. The minimum absolute atomic E-state index is 0.00552. The zero-order chi connectivity index (χ0) is 15.4. The maximum atomic E-state index is 12.0. The minimum atomic E-state index is -0.00552. The number of aryl methyl sites for hydroxylation is 1. The molecule has 0 saturated carbocycles. The molecule has 3 aromatic rings. The van der Waals surface area contributed by atoms with E-state index in [4.69, 9.17) is 0 Å². The van der Waals surface area contributed by atoms with Gasteiger partial charge in [0.15, 0.2) is 6.29 Å². The molecule has 0 aliphatic rings. The van der Waals surface area contributed by atoms with Crippen LogP contribution in [-0.2, 0) is 11.2 Å². The number of amides is 1. The fourth-order valence-corrected chi connectivity index (χ4v) is 3.19. The second kappa shape index (κ2) is 6.54. The summed E-state index contributed by atoms with van der Waals surface area (Å²) >= 11 is 1.45. The first-order valence-corrected chi connectivity index (χ1v) is 7.89. The molecule has 0 atom stereocenters. The van der Waals surface area contributed by atoms with E-state index >= 15 is 0 Å². The molecule has 0 spiro atoms. The van der Waals surface area contributed by atoms with E-state index in [1.54, 1.807) is 0 Å².